The molecule has 1 unspecified atom stereocenters. The van der Waals surface area contributed by atoms with Crippen LogP contribution in [0.1, 0.15) is 20.7 Å². The van der Waals surface area contributed by atoms with E-state index in [9.17, 15) is 14.2 Å². The van der Waals surface area contributed by atoms with Gasteiger partial charge in [0.15, 0.2) is 0 Å². The third kappa shape index (κ3) is 3.12. The van der Waals surface area contributed by atoms with Gasteiger partial charge in [0.05, 0.1) is 11.1 Å². The molecule has 15 heavy (non-hydrogen) atoms. The van der Waals surface area contributed by atoms with Gasteiger partial charge in [0.2, 0.25) is 0 Å². The summed E-state index contributed by atoms with van der Waals surface area (Å²) in [6.07, 6.45) is 0. The Hall–Kier alpha value is -1.78. The summed E-state index contributed by atoms with van der Waals surface area (Å²) in [5.74, 6) is -2.10. The van der Waals surface area contributed by atoms with Gasteiger partial charge in [-0.15, -0.1) is 4.89 Å². The monoisotopic (exact) mass is 229 g/mol. The third-order valence-corrected chi connectivity index (χ3v) is 1.85. The smallest absolute Gasteiger partial charge is 0.478 e. The van der Waals surface area contributed by atoms with E-state index in [0.717, 1.165) is 0 Å². The van der Waals surface area contributed by atoms with Gasteiger partial charge in [-0.25, -0.2) is 9.59 Å². The number of benzene rings is 1. The SMILES string of the molecule is O=C(O)c1ccc(C(=O)O[P+](=O)O)cc1. The first kappa shape index (κ1) is 11.3. The minimum atomic E-state index is -3.00. The van der Waals surface area contributed by atoms with Gasteiger partial charge in [0.25, 0.3) is 0 Å². The summed E-state index contributed by atoms with van der Waals surface area (Å²) in [5.41, 5.74) is 0.0253. The average molecular weight is 229 g/mol. The largest absolute Gasteiger partial charge is 0.750 e. The maximum absolute atomic E-state index is 11.0. The fourth-order valence-electron chi connectivity index (χ4n) is 0.873. The molecule has 1 atom stereocenters. The fourth-order valence-corrected chi connectivity index (χ4v) is 1.12. The van der Waals surface area contributed by atoms with Crippen LogP contribution in [0.15, 0.2) is 24.3 Å². The van der Waals surface area contributed by atoms with Crippen LogP contribution in [0.2, 0.25) is 0 Å². The molecule has 6 nitrogen and oxygen atoms in total. The first-order valence-corrected chi connectivity index (χ1v) is 4.85. The van der Waals surface area contributed by atoms with Crippen LogP contribution in [-0.2, 0) is 9.09 Å². The van der Waals surface area contributed by atoms with E-state index >= 15 is 0 Å². The third-order valence-electron chi connectivity index (χ3n) is 1.53. The van der Waals surface area contributed by atoms with Gasteiger partial charge in [0.1, 0.15) is 0 Å². The number of carbonyl (C=O) groups excluding carboxylic acids is 1. The molecule has 0 saturated heterocycles. The molecule has 0 aliphatic heterocycles. The van der Waals surface area contributed by atoms with Gasteiger partial charge < -0.3 is 5.11 Å². The molecule has 0 radical (unpaired) electrons. The van der Waals surface area contributed by atoms with Crippen LogP contribution < -0.4 is 0 Å². The van der Waals surface area contributed by atoms with Crippen molar-refractivity contribution in [3.8, 4) is 0 Å². The summed E-state index contributed by atoms with van der Waals surface area (Å²) >= 11 is 0. The first-order chi connectivity index (χ1) is 7.00. The summed E-state index contributed by atoms with van der Waals surface area (Å²) in [4.78, 5) is 29.8. The molecule has 0 amide bonds. The van der Waals surface area contributed by atoms with E-state index in [0.29, 0.717) is 0 Å². The van der Waals surface area contributed by atoms with Crippen LogP contribution in [-0.4, -0.2) is 21.9 Å². The summed E-state index contributed by atoms with van der Waals surface area (Å²) in [6.45, 7) is 0. The summed E-state index contributed by atoms with van der Waals surface area (Å²) in [5, 5.41) is 8.56. The molecule has 0 fully saturated rings. The zero-order chi connectivity index (χ0) is 11.4. The zero-order valence-corrected chi connectivity index (χ0v) is 8.18. The second-order valence-corrected chi connectivity index (χ2v) is 3.16. The second-order valence-electron chi connectivity index (χ2n) is 2.50. The van der Waals surface area contributed by atoms with Gasteiger partial charge in [-0.1, -0.05) is 0 Å². The van der Waals surface area contributed by atoms with Gasteiger partial charge >= 0.3 is 20.2 Å². The van der Waals surface area contributed by atoms with Crippen molar-refractivity contribution in [2.75, 3.05) is 0 Å². The van der Waals surface area contributed by atoms with Gasteiger partial charge in [-0.3, -0.25) is 0 Å². The zero-order valence-electron chi connectivity index (χ0n) is 7.28. The Morgan fingerprint density at radius 2 is 1.60 bits per heavy atom. The topological polar surface area (TPSA) is 101 Å². The molecule has 0 spiro atoms. The van der Waals surface area contributed by atoms with Crippen LogP contribution in [0.25, 0.3) is 0 Å². The minimum Gasteiger partial charge on any atom is -0.478 e. The van der Waals surface area contributed by atoms with Crippen LogP contribution >= 0.6 is 8.25 Å². The molecule has 2 N–H and O–H groups in total. The number of hydrogen-bond donors (Lipinski definition) is 2. The molecule has 78 valence electrons. The van der Waals surface area contributed by atoms with Crippen molar-refractivity contribution in [2.45, 2.75) is 0 Å². The number of carboxylic acids is 1. The highest BCUT2D eigenvalue weighted by Crippen LogP contribution is 2.18. The van der Waals surface area contributed by atoms with E-state index in [2.05, 4.69) is 4.52 Å². The maximum atomic E-state index is 11.0. The molecule has 0 aromatic heterocycles. The first-order valence-electron chi connectivity index (χ1n) is 3.72. The van der Waals surface area contributed by atoms with Crippen molar-refractivity contribution in [3.63, 3.8) is 0 Å². The Morgan fingerprint density at radius 1 is 1.13 bits per heavy atom. The van der Waals surface area contributed by atoms with Crippen molar-refractivity contribution in [1.82, 2.24) is 0 Å². The predicted octanol–water partition coefficient (Wildman–Crippen LogP) is 1.19. The average Bonchev–Trinajstić information content (AvgIpc) is 2.17. The van der Waals surface area contributed by atoms with Crippen LogP contribution in [0.3, 0.4) is 0 Å². The van der Waals surface area contributed by atoms with Crippen LogP contribution in [0, 0.1) is 0 Å². The van der Waals surface area contributed by atoms with E-state index in [1.165, 1.54) is 24.3 Å². The molecule has 1 aromatic rings. The van der Waals surface area contributed by atoms with E-state index in [1.54, 1.807) is 0 Å². The number of carboxylic acid groups (broad SMARTS) is 1. The highest BCUT2D eigenvalue weighted by Gasteiger charge is 2.21. The van der Waals surface area contributed by atoms with Gasteiger partial charge in [-0.05, 0) is 24.3 Å². The summed E-state index contributed by atoms with van der Waals surface area (Å²) in [6, 6.07) is 4.79. The van der Waals surface area contributed by atoms with Gasteiger partial charge in [-0.2, -0.15) is 4.52 Å². The molecular formula is C8H6O6P+. The van der Waals surface area contributed by atoms with Crippen molar-refractivity contribution in [1.29, 1.82) is 0 Å². The highest BCUT2D eigenvalue weighted by atomic mass is 31.1. The van der Waals surface area contributed by atoms with E-state index < -0.39 is 20.2 Å². The molecule has 0 saturated carbocycles. The van der Waals surface area contributed by atoms with Crippen molar-refractivity contribution in [3.05, 3.63) is 35.4 Å². The minimum absolute atomic E-state index is 0.0115. The number of aromatic carboxylic acids is 1. The van der Waals surface area contributed by atoms with E-state index in [4.69, 9.17) is 10.00 Å². The molecule has 0 heterocycles. The quantitative estimate of drug-likeness (QED) is 0.755. The van der Waals surface area contributed by atoms with Crippen LogP contribution in [0.4, 0.5) is 0 Å². The second kappa shape index (κ2) is 4.63. The Balaban J connectivity index is 2.84. The molecule has 0 aliphatic rings. The normalized spacial score (nSPS) is 10.6. The molecule has 0 bridgehead atoms. The van der Waals surface area contributed by atoms with Gasteiger partial charge in [0, 0.05) is 4.57 Å². The lowest BCUT2D eigenvalue weighted by molar-refractivity contribution is 0.0690. The van der Waals surface area contributed by atoms with Crippen molar-refractivity contribution >= 4 is 20.2 Å². The van der Waals surface area contributed by atoms with Crippen molar-refractivity contribution in [2.24, 2.45) is 0 Å². The number of rotatable bonds is 3. The molecule has 1 rings (SSSR count). The predicted molar refractivity (Wildman–Crippen MR) is 48.6 cm³/mol. The Morgan fingerprint density at radius 3 is 2.00 bits per heavy atom. The van der Waals surface area contributed by atoms with Crippen molar-refractivity contribution < 1.29 is 28.7 Å². The fraction of sp³-hybridized carbons (Fsp3) is 0. The maximum Gasteiger partial charge on any atom is 0.750 e. The molecule has 0 aliphatic carbocycles. The number of carbonyl (C=O) groups is 2. The molecular weight excluding hydrogens is 223 g/mol. The molecule has 7 heteroatoms. The lowest BCUT2D eigenvalue weighted by atomic mass is 10.1. The van der Waals surface area contributed by atoms with E-state index in [-0.39, 0.29) is 11.1 Å². The summed E-state index contributed by atoms with van der Waals surface area (Å²) in [7, 11) is -3.00. The number of hydrogen-bond acceptors (Lipinski definition) is 4. The lowest BCUT2D eigenvalue weighted by Gasteiger charge is -1.95. The Labute approximate surface area is 85.1 Å². The molecule has 1 aromatic carbocycles. The lowest BCUT2D eigenvalue weighted by Crippen LogP contribution is -2.01. The Kier molecular flexibility index (Phi) is 3.49. The summed E-state index contributed by atoms with van der Waals surface area (Å²) < 4.78 is 14.2. The van der Waals surface area contributed by atoms with Crippen LogP contribution in [0.5, 0.6) is 0 Å². The Bertz CT molecular complexity index is 410. The highest BCUT2D eigenvalue weighted by molar-refractivity contribution is 7.32. The standard InChI is InChI=1S/C8H5O6P/c9-7(10)5-1-3-6(4-2-5)8(11)14-15(12)13/h1-4H,(H-,9,10,12,13)/p+1. The van der Waals surface area contributed by atoms with E-state index in [1.807, 2.05) is 0 Å².